The Balaban J connectivity index is 1.25. The van der Waals surface area contributed by atoms with Gasteiger partial charge in [-0.2, -0.15) is 0 Å². The summed E-state index contributed by atoms with van der Waals surface area (Å²) in [5.74, 6) is 0.974. The first-order chi connectivity index (χ1) is 17.8. The molecule has 0 saturated carbocycles. The van der Waals surface area contributed by atoms with Gasteiger partial charge in [-0.1, -0.05) is 17.3 Å². The topological polar surface area (TPSA) is 84.7 Å². The number of anilines is 1. The Morgan fingerprint density at radius 3 is 2.54 bits per heavy atom. The first-order valence-electron chi connectivity index (χ1n) is 12.5. The average molecular weight is 506 g/mol. The number of piperidine rings is 1. The highest BCUT2D eigenvalue weighted by molar-refractivity contribution is 5.92. The highest BCUT2D eigenvalue weighted by Crippen LogP contribution is 2.29. The van der Waals surface area contributed by atoms with Gasteiger partial charge in [0.25, 0.3) is 0 Å². The Labute approximate surface area is 216 Å². The molecule has 1 aliphatic rings. The van der Waals surface area contributed by atoms with Gasteiger partial charge in [0, 0.05) is 42.9 Å². The van der Waals surface area contributed by atoms with Crippen LogP contribution in [0.5, 0.6) is 5.75 Å². The summed E-state index contributed by atoms with van der Waals surface area (Å²) >= 11 is 0. The molecular formula is C29H32FN3O4. The van der Waals surface area contributed by atoms with E-state index >= 15 is 0 Å². The number of hydrogen-bond acceptors (Lipinski definition) is 5. The SMILES string of the molecule is COc1cc(F)cc(/C=C/C(=O)N2CCC(c3ccc(NC(=O)CCc4c(C)noc4C)cc3)CC2)c1. The van der Waals surface area contributed by atoms with E-state index < -0.39 is 5.82 Å². The summed E-state index contributed by atoms with van der Waals surface area (Å²) in [4.78, 5) is 26.8. The van der Waals surface area contributed by atoms with Crippen molar-refractivity contribution < 1.29 is 23.2 Å². The lowest BCUT2D eigenvalue weighted by Crippen LogP contribution is -2.36. The van der Waals surface area contributed by atoms with Gasteiger partial charge in [-0.25, -0.2) is 4.39 Å². The maximum absolute atomic E-state index is 13.7. The van der Waals surface area contributed by atoms with E-state index in [1.54, 1.807) is 12.1 Å². The number of rotatable bonds is 8. The molecule has 8 heteroatoms. The van der Waals surface area contributed by atoms with E-state index in [0.717, 1.165) is 35.5 Å². The van der Waals surface area contributed by atoms with Crippen molar-refractivity contribution >= 4 is 23.6 Å². The molecule has 1 saturated heterocycles. The van der Waals surface area contributed by atoms with E-state index in [1.165, 1.54) is 30.9 Å². The number of benzene rings is 2. The van der Waals surface area contributed by atoms with E-state index in [4.69, 9.17) is 9.26 Å². The molecule has 0 bridgehead atoms. The van der Waals surface area contributed by atoms with Crippen molar-refractivity contribution in [1.29, 1.82) is 0 Å². The molecule has 0 unspecified atom stereocenters. The van der Waals surface area contributed by atoms with Gasteiger partial charge >= 0.3 is 0 Å². The van der Waals surface area contributed by atoms with Crippen LogP contribution >= 0.6 is 0 Å². The summed E-state index contributed by atoms with van der Waals surface area (Å²) < 4.78 is 23.9. The van der Waals surface area contributed by atoms with Gasteiger partial charge in [-0.05, 0) is 80.5 Å². The summed E-state index contributed by atoms with van der Waals surface area (Å²) in [6.07, 6.45) is 5.76. The second-order valence-electron chi connectivity index (χ2n) is 9.33. The normalized spacial score (nSPS) is 14.2. The first-order valence-corrected chi connectivity index (χ1v) is 12.5. The van der Waals surface area contributed by atoms with Crippen molar-refractivity contribution in [2.45, 2.75) is 45.4 Å². The molecule has 3 aromatic rings. The average Bonchev–Trinajstić information content (AvgIpc) is 3.23. The van der Waals surface area contributed by atoms with Crippen molar-refractivity contribution in [3.05, 3.63) is 82.5 Å². The minimum atomic E-state index is -0.408. The monoisotopic (exact) mass is 505 g/mol. The molecule has 2 aromatic carbocycles. The van der Waals surface area contributed by atoms with E-state index in [1.807, 2.05) is 43.0 Å². The van der Waals surface area contributed by atoms with Crippen LogP contribution in [-0.4, -0.2) is 42.1 Å². The van der Waals surface area contributed by atoms with Crippen LogP contribution in [0.3, 0.4) is 0 Å². The smallest absolute Gasteiger partial charge is 0.246 e. The number of ether oxygens (including phenoxy) is 1. The predicted octanol–water partition coefficient (Wildman–Crippen LogP) is 5.43. The second-order valence-corrected chi connectivity index (χ2v) is 9.33. The van der Waals surface area contributed by atoms with Crippen molar-refractivity contribution in [3.8, 4) is 5.75 Å². The van der Waals surface area contributed by atoms with Crippen molar-refractivity contribution in [3.63, 3.8) is 0 Å². The third kappa shape index (κ3) is 6.84. The number of amides is 2. The molecule has 1 aromatic heterocycles. The van der Waals surface area contributed by atoms with Crippen LogP contribution in [0.15, 0.2) is 53.1 Å². The third-order valence-corrected chi connectivity index (χ3v) is 6.80. The van der Waals surface area contributed by atoms with Crippen LogP contribution < -0.4 is 10.1 Å². The molecule has 37 heavy (non-hydrogen) atoms. The molecule has 1 N–H and O–H groups in total. The third-order valence-electron chi connectivity index (χ3n) is 6.80. The number of likely N-dealkylation sites (tertiary alicyclic amines) is 1. The van der Waals surface area contributed by atoms with E-state index in [-0.39, 0.29) is 11.8 Å². The van der Waals surface area contributed by atoms with Crippen LogP contribution in [0.1, 0.15) is 53.3 Å². The van der Waals surface area contributed by atoms with E-state index in [9.17, 15) is 14.0 Å². The number of halogens is 1. The zero-order chi connectivity index (χ0) is 26.4. The van der Waals surface area contributed by atoms with Gasteiger partial charge in [0.1, 0.15) is 17.3 Å². The predicted molar refractivity (Wildman–Crippen MR) is 140 cm³/mol. The van der Waals surface area contributed by atoms with E-state index in [2.05, 4.69) is 10.5 Å². The van der Waals surface area contributed by atoms with Crippen LogP contribution in [0.25, 0.3) is 6.08 Å². The van der Waals surface area contributed by atoms with Gasteiger partial charge in [0.15, 0.2) is 0 Å². The lowest BCUT2D eigenvalue weighted by atomic mass is 9.89. The summed E-state index contributed by atoms with van der Waals surface area (Å²) in [6.45, 7) is 5.04. The Hall–Kier alpha value is -3.94. The Kier molecular flexibility index (Phi) is 8.38. The number of hydrogen-bond donors (Lipinski definition) is 1. The molecule has 2 amide bonds. The molecule has 2 heterocycles. The Morgan fingerprint density at radius 2 is 1.89 bits per heavy atom. The highest BCUT2D eigenvalue weighted by atomic mass is 19.1. The lowest BCUT2D eigenvalue weighted by Gasteiger charge is -2.31. The number of nitrogens with zero attached hydrogens (tertiary/aromatic N) is 2. The molecular weight excluding hydrogens is 473 g/mol. The van der Waals surface area contributed by atoms with Crippen LogP contribution in [0.2, 0.25) is 0 Å². The fraction of sp³-hybridized carbons (Fsp3) is 0.345. The van der Waals surface area contributed by atoms with Crippen LogP contribution in [0.4, 0.5) is 10.1 Å². The van der Waals surface area contributed by atoms with Gasteiger partial charge in [0.05, 0.1) is 12.8 Å². The summed E-state index contributed by atoms with van der Waals surface area (Å²) in [5, 5.41) is 6.88. The summed E-state index contributed by atoms with van der Waals surface area (Å²) in [6, 6.07) is 12.3. The van der Waals surface area contributed by atoms with Crippen LogP contribution in [-0.2, 0) is 16.0 Å². The molecule has 1 aliphatic heterocycles. The van der Waals surface area contributed by atoms with Gasteiger partial charge in [0.2, 0.25) is 11.8 Å². The summed E-state index contributed by atoms with van der Waals surface area (Å²) in [5.41, 5.74) is 4.35. The summed E-state index contributed by atoms with van der Waals surface area (Å²) in [7, 11) is 1.48. The molecule has 0 atom stereocenters. The van der Waals surface area contributed by atoms with Gasteiger partial charge < -0.3 is 19.5 Å². The van der Waals surface area contributed by atoms with Crippen LogP contribution in [0, 0.1) is 19.7 Å². The molecule has 0 spiro atoms. The van der Waals surface area contributed by atoms with Crippen molar-refractivity contribution in [1.82, 2.24) is 10.1 Å². The number of aromatic nitrogens is 1. The largest absolute Gasteiger partial charge is 0.497 e. The van der Waals surface area contributed by atoms with Gasteiger partial charge in [-0.3, -0.25) is 9.59 Å². The number of aryl methyl sites for hydroxylation is 2. The number of carbonyl (C=O) groups excluding carboxylic acids is 2. The fourth-order valence-electron chi connectivity index (χ4n) is 4.66. The molecule has 4 rings (SSSR count). The maximum atomic E-state index is 13.7. The van der Waals surface area contributed by atoms with Crippen molar-refractivity contribution in [2.24, 2.45) is 0 Å². The molecule has 0 aliphatic carbocycles. The number of nitrogens with one attached hydrogen (secondary N) is 1. The van der Waals surface area contributed by atoms with Crippen molar-refractivity contribution in [2.75, 3.05) is 25.5 Å². The maximum Gasteiger partial charge on any atom is 0.246 e. The molecule has 194 valence electrons. The van der Waals surface area contributed by atoms with Gasteiger partial charge in [-0.15, -0.1) is 0 Å². The number of carbonyl (C=O) groups is 2. The zero-order valence-corrected chi connectivity index (χ0v) is 21.4. The molecule has 7 nitrogen and oxygen atoms in total. The minimum absolute atomic E-state index is 0.0516. The molecule has 1 fully saturated rings. The first kappa shape index (κ1) is 26.1. The quantitative estimate of drug-likeness (QED) is 0.413. The highest BCUT2D eigenvalue weighted by Gasteiger charge is 2.23. The van der Waals surface area contributed by atoms with E-state index in [0.29, 0.717) is 43.2 Å². The Morgan fingerprint density at radius 1 is 1.16 bits per heavy atom. The zero-order valence-electron chi connectivity index (χ0n) is 21.4. The lowest BCUT2D eigenvalue weighted by molar-refractivity contribution is -0.127. The fourth-order valence-corrected chi connectivity index (χ4v) is 4.66. The second kappa shape index (κ2) is 11.9. The standard InChI is InChI=1S/C29H32FN3O4/c1-19-27(20(2)37-32-19)9-10-28(34)31-25-7-5-22(6-8-25)23-12-14-33(15-13-23)29(35)11-4-21-16-24(30)18-26(17-21)36-3/h4-8,11,16-18,23H,9-10,12-15H2,1-3H3,(H,31,34)/b11-4+. The number of methoxy groups -OCH3 is 1. The molecule has 0 radical (unpaired) electrons. The Bertz CT molecular complexity index is 1260. The minimum Gasteiger partial charge on any atom is -0.497 e.